The van der Waals surface area contributed by atoms with E-state index in [1.165, 1.54) is 0 Å². The van der Waals surface area contributed by atoms with E-state index in [4.69, 9.17) is 9.47 Å². The van der Waals surface area contributed by atoms with Crippen molar-refractivity contribution >= 4 is 17.5 Å². The molecule has 1 saturated heterocycles. The molecule has 1 aromatic heterocycles. The second kappa shape index (κ2) is 5.98. The van der Waals surface area contributed by atoms with Crippen molar-refractivity contribution < 1.29 is 19.1 Å². The van der Waals surface area contributed by atoms with Crippen molar-refractivity contribution in [2.24, 2.45) is 10.8 Å². The van der Waals surface area contributed by atoms with Crippen molar-refractivity contribution in [3.05, 3.63) is 18.3 Å². The summed E-state index contributed by atoms with van der Waals surface area (Å²) in [6.45, 7) is 2.42. The predicted octanol–water partition coefficient (Wildman–Crippen LogP) is 1.45. The molecule has 134 valence electrons. The van der Waals surface area contributed by atoms with Gasteiger partial charge in [0.05, 0.1) is 43.0 Å². The Labute approximate surface area is 146 Å². The van der Waals surface area contributed by atoms with Crippen LogP contribution in [0.1, 0.15) is 25.7 Å². The molecule has 25 heavy (non-hydrogen) atoms. The number of methoxy groups -OCH3 is 1. The van der Waals surface area contributed by atoms with E-state index in [0.29, 0.717) is 37.9 Å². The largest absolute Gasteiger partial charge is 0.481 e. The molecule has 0 radical (unpaired) electrons. The van der Waals surface area contributed by atoms with E-state index in [2.05, 4.69) is 10.3 Å². The van der Waals surface area contributed by atoms with E-state index < -0.39 is 10.8 Å². The lowest BCUT2D eigenvalue weighted by atomic mass is 9.83. The molecule has 7 heteroatoms. The monoisotopic (exact) mass is 345 g/mol. The maximum Gasteiger partial charge on any atom is 0.231 e. The second-order valence-corrected chi connectivity index (χ2v) is 7.11. The van der Waals surface area contributed by atoms with Crippen molar-refractivity contribution in [1.82, 2.24) is 9.88 Å². The Morgan fingerprint density at radius 1 is 1.16 bits per heavy atom. The molecule has 0 aromatic carbocycles. The van der Waals surface area contributed by atoms with Crippen LogP contribution in [0, 0.1) is 10.8 Å². The number of nitrogens with one attached hydrogen (secondary N) is 1. The highest BCUT2D eigenvalue weighted by Crippen LogP contribution is 2.71. The van der Waals surface area contributed by atoms with E-state index in [-0.39, 0.29) is 11.8 Å². The van der Waals surface area contributed by atoms with Crippen LogP contribution in [0.3, 0.4) is 0 Å². The molecule has 1 aliphatic heterocycles. The minimum absolute atomic E-state index is 0.0569. The number of nitrogens with zero attached hydrogens (tertiary/aromatic N) is 2. The maximum atomic E-state index is 13.1. The van der Waals surface area contributed by atoms with Crippen molar-refractivity contribution in [3.63, 3.8) is 0 Å². The number of pyridine rings is 1. The molecule has 2 saturated carbocycles. The van der Waals surface area contributed by atoms with E-state index in [1.54, 1.807) is 25.4 Å². The van der Waals surface area contributed by atoms with Crippen LogP contribution >= 0.6 is 0 Å². The van der Waals surface area contributed by atoms with Gasteiger partial charge in [0, 0.05) is 19.2 Å². The number of hydrogen-bond acceptors (Lipinski definition) is 5. The van der Waals surface area contributed by atoms with E-state index in [9.17, 15) is 9.59 Å². The van der Waals surface area contributed by atoms with Crippen LogP contribution < -0.4 is 10.1 Å². The first-order valence-electron chi connectivity index (χ1n) is 8.80. The Hall–Kier alpha value is -2.15. The van der Waals surface area contributed by atoms with Gasteiger partial charge in [-0.25, -0.2) is 4.98 Å². The molecule has 2 aliphatic carbocycles. The first-order valence-corrected chi connectivity index (χ1v) is 8.80. The third kappa shape index (κ3) is 2.66. The highest BCUT2D eigenvalue weighted by atomic mass is 16.5. The minimum Gasteiger partial charge on any atom is -0.481 e. The molecule has 2 amide bonds. The van der Waals surface area contributed by atoms with Gasteiger partial charge in [0.25, 0.3) is 0 Å². The fraction of sp³-hybridized carbons (Fsp3) is 0.611. The fourth-order valence-electron chi connectivity index (χ4n) is 3.96. The lowest BCUT2D eigenvalue weighted by Gasteiger charge is -2.33. The summed E-state index contributed by atoms with van der Waals surface area (Å²) in [6, 6.07) is 3.48. The third-order valence-corrected chi connectivity index (χ3v) is 5.76. The molecule has 4 rings (SSSR count). The van der Waals surface area contributed by atoms with Crippen LogP contribution in [0.2, 0.25) is 0 Å². The van der Waals surface area contributed by atoms with E-state index >= 15 is 0 Å². The van der Waals surface area contributed by atoms with Gasteiger partial charge in [0.15, 0.2) is 0 Å². The molecule has 2 heterocycles. The molecule has 0 unspecified atom stereocenters. The Morgan fingerprint density at radius 3 is 2.36 bits per heavy atom. The number of hydrogen-bond donors (Lipinski definition) is 1. The SMILES string of the molecule is COc1ccc(NC(=O)C2(C3(C(=O)N4CCOCC4)CC3)CC2)cn1. The zero-order chi connectivity index (χ0) is 17.5. The second-order valence-electron chi connectivity index (χ2n) is 7.11. The van der Waals surface area contributed by atoms with E-state index in [0.717, 1.165) is 25.7 Å². The van der Waals surface area contributed by atoms with Gasteiger partial charge < -0.3 is 19.7 Å². The molecule has 1 N–H and O–H groups in total. The summed E-state index contributed by atoms with van der Waals surface area (Å²) >= 11 is 0. The van der Waals surface area contributed by atoms with Crippen LogP contribution in [-0.4, -0.2) is 55.1 Å². The average Bonchev–Trinajstić information content (AvgIpc) is 3.55. The first kappa shape index (κ1) is 16.3. The molecule has 0 bridgehead atoms. The first-order chi connectivity index (χ1) is 12.1. The minimum atomic E-state index is -0.553. The predicted molar refractivity (Wildman–Crippen MR) is 90.2 cm³/mol. The molecule has 3 aliphatic rings. The zero-order valence-electron chi connectivity index (χ0n) is 14.4. The summed E-state index contributed by atoms with van der Waals surface area (Å²) in [5.74, 6) is 0.579. The molecule has 1 aromatic rings. The van der Waals surface area contributed by atoms with Gasteiger partial charge in [-0.05, 0) is 31.7 Å². The quantitative estimate of drug-likeness (QED) is 0.874. The molecule has 0 atom stereocenters. The summed E-state index contributed by atoms with van der Waals surface area (Å²) in [5.41, 5.74) is -0.428. The number of carbonyl (C=O) groups excluding carboxylic acids is 2. The smallest absolute Gasteiger partial charge is 0.231 e. The normalized spacial score (nSPS) is 22.8. The number of amides is 2. The molecule has 7 nitrogen and oxygen atoms in total. The van der Waals surface area contributed by atoms with Crippen LogP contribution in [0.4, 0.5) is 5.69 Å². The Balaban J connectivity index is 1.48. The number of anilines is 1. The Morgan fingerprint density at radius 2 is 1.84 bits per heavy atom. The Kier molecular flexibility index (Phi) is 3.91. The highest BCUT2D eigenvalue weighted by molar-refractivity contribution is 6.03. The number of carbonyl (C=O) groups is 2. The standard InChI is InChI=1S/C18H23N3O4/c1-24-14-3-2-13(12-19-14)20-15(22)17(4-5-17)18(6-7-18)16(23)21-8-10-25-11-9-21/h2-3,12H,4-11H2,1H3,(H,20,22). The summed E-state index contributed by atoms with van der Waals surface area (Å²) in [4.78, 5) is 32.0. The highest BCUT2D eigenvalue weighted by Gasteiger charge is 2.73. The van der Waals surface area contributed by atoms with Crippen molar-refractivity contribution in [1.29, 1.82) is 0 Å². The van der Waals surface area contributed by atoms with Gasteiger partial charge in [-0.2, -0.15) is 0 Å². The lowest BCUT2D eigenvalue weighted by Crippen LogP contribution is -2.49. The molecular formula is C18H23N3O4. The van der Waals surface area contributed by atoms with Gasteiger partial charge in [-0.3, -0.25) is 9.59 Å². The van der Waals surface area contributed by atoms with Gasteiger partial charge >= 0.3 is 0 Å². The number of rotatable bonds is 5. The van der Waals surface area contributed by atoms with Crippen LogP contribution in [0.5, 0.6) is 5.88 Å². The molecule has 3 fully saturated rings. The van der Waals surface area contributed by atoms with Gasteiger partial charge in [-0.15, -0.1) is 0 Å². The Bertz CT molecular complexity index is 674. The summed E-state index contributed by atoms with van der Waals surface area (Å²) in [7, 11) is 1.55. The van der Waals surface area contributed by atoms with Crippen LogP contribution in [-0.2, 0) is 14.3 Å². The molecule has 0 spiro atoms. The fourth-order valence-corrected chi connectivity index (χ4v) is 3.96. The maximum absolute atomic E-state index is 13.1. The van der Waals surface area contributed by atoms with Gasteiger partial charge in [0.2, 0.25) is 17.7 Å². The topological polar surface area (TPSA) is 80.8 Å². The summed E-state index contributed by atoms with van der Waals surface area (Å²) < 4.78 is 10.4. The average molecular weight is 345 g/mol. The van der Waals surface area contributed by atoms with Crippen molar-refractivity contribution in [3.8, 4) is 5.88 Å². The number of aromatic nitrogens is 1. The van der Waals surface area contributed by atoms with E-state index in [1.807, 2.05) is 4.90 Å². The summed E-state index contributed by atoms with van der Waals surface area (Å²) in [6.07, 6.45) is 4.74. The van der Waals surface area contributed by atoms with Crippen LogP contribution in [0.25, 0.3) is 0 Å². The number of ether oxygens (including phenoxy) is 2. The van der Waals surface area contributed by atoms with Gasteiger partial charge in [-0.1, -0.05) is 0 Å². The lowest BCUT2D eigenvalue weighted by molar-refractivity contribution is -0.147. The van der Waals surface area contributed by atoms with Crippen molar-refractivity contribution in [2.75, 3.05) is 38.7 Å². The van der Waals surface area contributed by atoms with Crippen LogP contribution in [0.15, 0.2) is 18.3 Å². The zero-order valence-corrected chi connectivity index (χ0v) is 14.4. The third-order valence-electron chi connectivity index (χ3n) is 5.76. The van der Waals surface area contributed by atoms with Crippen molar-refractivity contribution in [2.45, 2.75) is 25.7 Å². The summed E-state index contributed by atoms with van der Waals surface area (Å²) in [5, 5.41) is 2.95. The van der Waals surface area contributed by atoms with Gasteiger partial charge in [0.1, 0.15) is 0 Å². The number of morpholine rings is 1. The molecular weight excluding hydrogens is 322 g/mol.